The van der Waals surface area contributed by atoms with Crippen molar-refractivity contribution in [3.8, 4) is 0 Å². The molecule has 0 bridgehead atoms. The lowest BCUT2D eigenvalue weighted by Crippen LogP contribution is -3.18. The van der Waals surface area contributed by atoms with Crippen LogP contribution in [0.5, 0.6) is 0 Å². The molecule has 25 heavy (non-hydrogen) atoms. The van der Waals surface area contributed by atoms with Gasteiger partial charge >= 0.3 is 0 Å². The monoisotopic (exact) mass is 408 g/mol. The van der Waals surface area contributed by atoms with Gasteiger partial charge in [0.2, 0.25) is 5.91 Å². The molecule has 0 radical (unpaired) electrons. The smallest absolute Gasteiger partial charge is 0.275 e. The van der Waals surface area contributed by atoms with Crippen LogP contribution in [0, 0.1) is 5.92 Å². The van der Waals surface area contributed by atoms with E-state index in [0.717, 1.165) is 16.9 Å². The van der Waals surface area contributed by atoms with Crippen LogP contribution in [0.3, 0.4) is 0 Å². The number of hydrogen-bond donors (Lipinski definition) is 3. The van der Waals surface area contributed by atoms with Crippen LogP contribution in [0.15, 0.2) is 28.7 Å². The Bertz CT molecular complexity index is 620. The van der Waals surface area contributed by atoms with Crippen LogP contribution in [0.2, 0.25) is 0 Å². The van der Waals surface area contributed by atoms with Gasteiger partial charge in [0.05, 0.1) is 24.8 Å². The highest BCUT2D eigenvalue weighted by molar-refractivity contribution is 9.10. The minimum Gasteiger partial charge on any atom is -0.342 e. The molecule has 3 rings (SSSR count). The Kier molecular flexibility index (Phi) is 6.48. The summed E-state index contributed by atoms with van der Waals surface area (Å²) >= 11 is 3.40. The summed E-state index contributed by atoms with van der Waals surface area (Å²) in [5.74, 6) is 0.567. The summed E-state index contributed by atoms with van der Waals surface area (Å²) in [7, 11) is 0. The Morgan fingerprint density at radius 2 is 1.84 bits per heavy atom. The molecule has 3 atom stereocenters. The molecule has 1 aromatic rings. The average Bonchev–Trinajstić information content (AvgIpc) is 2.62. The van der Waals surface area contributed by atoms with Gasteiger partial charge in [0, 0.05) is 10.4 Å². The van der Waals surface area contributed by atoms with Crippen LogP contribution in [0.1, 0.15) is 38.5 Å². The van der Waals surface area contributed by atoms with Gasteiger partial charge in [-0.1, -0.05) is 18.6 Å². The molecule has 1 aromatic carbocycles. The van der Waals surface area contributed by atoms with Gasteiger partial charge in [-0.15, -0.1) is 0 Å². The fourth-order valence-electron chi connectivity index (χ4n) is 4.29. The summed E-state index contributed by atoms with van der Waals surface area (Å²) in [6.07, 6.45) is 7.74. The zero-order valence-electron chi connectivity index (χ0n) is 14.5. The lowest BCUT2D eigenvalue weighted by Gasteiger charge is -2.40. The van der Waals surface area contributed by atoms with E-state index in [1.807, 2.05) is 24.3 Å². The molecule has 1 unspecified atom stereocenters. The van der Waals surface area contributed by atoms with Crippen molar-refractivity contribution < 1.29 is 14.5 Å². The summed E-state index contributed by atoms with van der Waals surface area (Å²) < 4.78 is 0.829. The van der Waals surface area contributed by atoms with E-state index in [4.69, 9.17) is 0 Å². The highest BCUT2D eigenvalue weighted by Crippen LogP contribution is 2.28. The molecule has 3 N–H and O–H groups in total. The number of rotatable bonds is 5. The number of para-hydroxylation sites is 1. The molecular formula is C19H27BrN3O2+. The number of anilines is 1. The van der Waals surface area contributed by atoms with Gasteiger partial charge < -0.3 is 15.5 Å². The highest BCUT2D eigenvalue weighted by Gasteiger charge is 2.37. The standard InChI is InChI=1S/C19H26BrN3O2/c20-15-8-2-3-9-16(15)22-18(24)12-21-19(25)13-23-11-5-7-14-6-1-4-10-17(14)23/h2-3,8-9,14,17H,1,4-7,10-13H2,(H,21,25)(H,22,24)/p+1/t14-,17+/m1/s1. The molecule has 1 aliphatic carbocycles. The maximum absolute atomic E-state index is 12.3. The van der Waals surface area contributed by atoms with Gasteiger partial charge in [-0.25, -0.2) is 0 Å². The normalized spacial score (nSPS) is 25.7. The van der Waals surface area contributed by atoms with Crippen molar-refractivity contribution in [3.63, 3.8) is 0 Å². The van der Waals surface area contributed by atoms with Crippen LogP contribution in [-0.2, 0) is 9.59 Å². The molecule has 1 saturated carbocycles. The van der Waals surface area contributed by atoms with Crippen molar-refractivity contribution >= 4 is 33.4 Å². The first-order valence-electron chi connectivity index (χ1n) is 9.29. The van der Waals surface area contributed by atoms with E-state index in [9.17, 15) is 9.59 Å². The van der Waals surface area contributed by atoms with Gasteiger partial charge in [-0.3, -0.25) is 9.59 Å². The molecule has 6 heteroatoms. The number of piperidine rings is 1. The van der Waals surface area contributed by atoms with Crippen molar-refractivity contribution in [3.05, 3.63) is 28.7 Å². The SMILES string of the molecule is O=C(C[NH+]1CCC[C@H]2CCCC[C@@H]21)NCC(=O)Nc1ccccc1Br. The van der Waals surface area contributed by atoms with Crippen LogP contribution in [0.25, 0.3) is 0 Å². The number of halogens is 1. The van der Waals surface area contributed by atoms with Crippen LogP contribution >= 0.6 is 15.9 Å². The van der Waals surface area contributed by atoms with E-state index in [-0.39, 0.29) is 18.4 Å². The lowest BCUT2D eigenvalue weighted by atomic mass is 9.78. The number of benzene rings is 1. The second-order valence-corrected chi connectivity index (χ2v) is 8.04. The number of nitrogens with one attached hydrogen (secondary N) is 3. The van der Waals surface area contributed by atoms with Gasteiger partial charge in [-0.2, -0.15) is 0 Å². The first kappa shape index (κ1) is 18.4. The fraction of sp³-hybridized carbons (Fsp3) is 0.579. The van der Waals surface area contributed by atoms with Crippen LogP contribution in [0.4, 0.5) is 5.69 Å². The molecule has 1 heterocycles. The lowest BCUT2D eigenvalue weighted by molar-refractivity contribution is -0.928. The topological polar surface area (TPSA) is 62.6 Å². The van der Waals surface area contributed by atoms with Gasteiger partial charge in [-0.05, 0) is 60.2 Å². The summed E-state index contributed by atoms with van der Waals surface area (Å²) in [4.78, 5) is 25.7. The van der Waals surface area contributed by atoms with Gasteiger partial charge in [0.25, 0.3) is 5.91 Å². The molecule has 2 fully saturated rings. The first-order chi connectivity index (χ1) is 12.1. The molecule has 2 amide bonds. The summed E-state index contributed by atoms with van der Waals surface area (Å²) in [6, 6.07) is 8.09. The zero-order chi connectivity index (χ0) is 17.6. The van der Waals surface area contributed by atoms with Crippen LogP contribution < -0.4 is 15.5 Å². The average molecular weight is 409 g/mol. The number of quaternary nitrogens is 1. The molecule has 0 spiro atoms. The number of hydrogen-bond acceptors (Lipinski definition) is 2. The maximum atomic E-state index is 12.3. The molecule has 2 aliphatic rings. The first-order valence-corrected chi connectivity index (χ1v) is 10.1. The van der Waals surface area contributed by atoms with E-state index in [1.54, 1.807) is 0 Å². The van der Waals surface area contributed by atoms with Crippen molar-refractivity contribution in [1.29, 1.82) is 0 Å². The molecular weight excluding hydrogens is 382 g/mol. The summed E-state index contributed by atoms with van der Waals surface area (Å²) in [5, 5.41) is 5.58. The summed E-state index contributed by atoms with van der Waals surface area (Å²) in [5.41, 5.74) is 0.716. The predicted molar refractivity (Wildman–Crippen MR) is 101 cm³/mol. The molecule has 5 nitrogen and oxygen atoms in total. The Balaban J connectivity index is 1.44. The highest BCUT2D eigenvalue weighted by atomic mass is 79.9. The van der Waals surface area contributed by atoms with Gasteiger partial charge in [0.1, 0.15) is 0 Å². The Labute approximate surface area is 157 Å². The summed E-state index contributed by atoms with van der Waals surface area (Å²) in [6.45, 7) is 1.59. The number of amides is 2. The van der Waals surface area contributed by atoms with E-state index < -0.39 is 0 Å². The van der Waals surface area contributed by atoms with E-state index in [0.29, 0.717) is 18.3 Å². The van der Waals surface area contributed by atoms with E-state index in [2.05, 4.69) is 26.6 Å². The van der Waals surface area contributed by atoms with Gasteiger partial charge in [0.15, 0.2) is 6.54 Å². The number of likely N-dealkylation sites (tertiary alicyclic amines) is 1. The van der Waals surface area contributed by atoms with Crippen molar-refractivity contribution in [2.45, 2.75) is 44.6 Å². The third-order valence-corrected chi connectivity index (χ3v) is 6.18. The second-order valence-electron chi connectivity index (χ2n) is 7.18. The molecule has 1 saturated heterocycles. The Hall–Kier alpha value is -1.40. The zero-order valence-corrected chi connectivity index (χ0v) is 16.1. The third-order valence-electron chi connectivity index (χ3n) is 5.49. The largest absolute Gasteiger partial charge is 0.342 e. The number of carbonyl (C=O) groups excluding carboxylic acids is 2. The Morgan fingerprint density at radius 1 is 1.08 bits per heavy atom. The predicted octanol–water partition coefficient (Wildman–Crippen LogP) is 1.74. The van der Waals surface area contributed by atoms with E-state index >= 15 is 0 Å². The quantitative estimate of drug-likeness (QED) is 0.694. The molecule has 136 valence electrons. The van der Waals surface area contributed by atoms with E-state index in [1.165, 1.54) is 43.4 Å². The van der Waals surface area contributed by atoms with Crippen LogP contribution in [-0.4, -0.2) is 37.5 Å². The van der Waals surface area contributed by atoms with Crippen molar-refractivity contribution in [1.82, 2.24) is 5.32 Å². The Morgan fingerprint density at radius 3 is 2.68 bits per heavy atom. The number of fused-ring (bicyclic) bond motifs is 1. The van der Waals surface area contributed by atoms with Crippen molar-refractivity contribution in [2.75, 3.05) is 25.0 Å². The van der Waals surface area contributed by atoms with Crippen molar-refractivity contribution in [2.24, 2.45) is 5.92 Å². The maximum Gasteiger partial charge on any atom is 0.275 e. The third kappa shape index (κ3) is 5.05. The number of carbonyl (C=O) groups is 2. The second kappa shape index (κ2) is 8.81. The fourth-order valence-corrected chi connectivity index (χ4v) is 4.68. The molecule has 1 aliphatic heterocycles. The molecule has 0 aromatic heterocycles. The minimum atomic E-state index is -0.204. The minimum absolute atomic E-state index is 0.0154.